The molecule has 2 bridgehead atoms. The second-order valence-electron chi connectivity index (χ2n) is 8.07. The Kier molecular flexibility index (Phi) is 4.27. The van der Waals surface area contributed by atoms with Crippen molar-refractivity contribution in [2.75, 3.05) is 18.1 Å². The quantitative estimate of drug-likeness (QED) is 0.766. The topological polar surface area (TPSA) is 96.5 Å². The molecule has 0 amide bonds. The molecule has 0 spiro atoms. The predicted molar refractivity (Wildman–Crippen MR) is 99.6 cm³/mol. The minimum absolute atomic E-state index is 0.147. The van der Waals surface area contributed by atoms with Gasteiger partial charge >= 0.3 is 0 Å². The van der Waals surface area contributed by atoms with E-state index >= 15 is 0 Å². The van der Waals surface area contributed by atoms with Crippen molar-refractivity contribution in [1.29, 1.82) is 0 Å². The minimum atomic E-state index is -0.784. The summed E-state index contributed by atoms with van der Waals surface area (Å²) < 4.78 is 7.42. The molecule has 3 aliphatic heterocycles. The number of hydrogen-bond donors (Lipinski definition) is 2. The van der Waals surface area contributed by atoms with Gasteiger partial charge in [0.15, 0.2) is 11.9 Å². The van der Waals surface area contributed by atoms with E-state index in [-0.39, 0.29) is 17.8 Å². The summed E-state index contributed by atoms with van der Waals surface area (Å²) in [4.78, 5) is 11.3. The van der Waals surface area contributed by atoms with Gasteiger partial charge in [-0.1, -0.05) is 6.92 Å². The molecule has 5 heterocycles. The summed E-state index contributed by atoms with van der Waals surface area (Å²) in [6.45, 7) is 2.70. The van der Waals surface area contributed by atoms with Crippen LogP contribution in [0.3, 0.4) is 0 Å². The number of anilines is 1. The van der Waals surface area contributed by atoms with Crippen LogP contribution >= 0.6 is 11.6 Å². The Labute approximate surface area is 162 Å². The van der Waals surface area contributed by atoms with Crippen LogP contribution in [0.4, 0.5) is 5.82 Å². The van der Waals surface area contributed by atoms with E-state index in [9.17, 15) is 10.2 Å². The van der Waals surface area contributed by atoms with Crippen LogP contribution in [-0.4, -0.2) is 61.4 Å². The van der Waals surface area contributed by atoms with Crippen LogP contribution in [0.25, 0.3) is 11.0 Å². The lowest BCUT2D eigenvalue weighted by Gasteiger charge is -2.46. The second kappa shape index (κ2) is 6.55. The maximum Gasteiger partial charge on any atom is 0.226 e. The SMILES string of the molecule is CC1[C@@H](O)[C@H](n2ncc3c(N4CC5CCC4CC5)nc(Cl)nc32)O[C@@H]1CO. The lowest BCUT2D eigenvalue weighted by Crippen LogP contribution is -2.48. The summed E-state index contributed by atoms with van der Waals surface area (Å²) in [5.41, 5.74) is 0.557. The highest BCUT2D eigenvalue weighted by molar-refractivity contribution is 6.28. The molecule has 4 fully saturated rings. The monoisotopic (exact) mass is 393 g/mol. The molecule has 4 aliphatic rings. The fraction of sp³-hybridized carbons (Fsp3) is 0.722. The fourth-order valence-corrected chi connectivity index (χ4v) is 5.05. The van der Waals surface area contributed by atoms with Gasteiger partial charge in [0.05, 0.1) is 24.3 Å². The average molecular weight is 394 g/mol. The first-order valence-electron chi connectivity index (χ1n) is 9.68. The van der Waals surface area contributed by atoms with E-state index in [1.807, 2.05) is 6.92 Å². The number of piperidine rings is 2. The Bertz CT molecular complexity index is 853. The number of aromatic nitrogens is 4. The summed E-state index contributed by atoms with van der Waals surface area (Å²) in [5.74, 6) is 1.33. The summed E-state index contributed by atoms with van der Waals surface area (Å²) in [7, 11) is 0. The van der Waals surface area contributed by atoms with Crippen molar-refractivity contribution in [3.8, 4) is 0 Å². The van der Waals surface area contributed by atoms with Gasteiger partial charge in [0, 0.05) is 18.5 Å². The van der Waals surface area contributed by atoms with E-state index in [2.05, 4.69) is 20.0 Å². The molecular formula is C18H24ClN5O3. The maximum absolute atomic E-state index is 10.6. The van der Waals surface area contributed by atoms with Gasteiger partial charge in [0.2, 0.25) is 5.28 Å². The zero-order chi connectivity index (χ0) is 18.7. The van der Waals surface area contributed by atoms with Gasteiger partial charge in [-0.2, -0.15) is 15.1 Å². The van der Waals surface area contributed by atoms with Crippen molar-refractivity contribution in [2.24, 2.45) is 11.8 Å². The highest BCUT2D eigenvalue weighted by Gasteiger charge is 2.43. The molecule has 8 nitrogen and oxygen atoms in total. The van der Waals surface area contributed by atoms with Crippen LogP contribution in [0.1, 0.15) is 38.8 Å². The maximum atomic E-state index is 10.6. The van der Waals surface area contributed by atoms with E-state index in [4.69, 9.17) is 16.3 Å². The number of hydrogen-bond acceptors (Lipinski definition) is 7. The van der Waals surface area contributed by atoms with Gasteiger partial charge in [-0.3, -0.25) is 0 Å². The summed E-state index contributed by atoms with van der Waals surface area (Å²) >= 11 is 6.27. The van der Waals surface area contributed by atoms with Gasteiger partial charge in [-0.25, -0.2) is 4.68 Å². The summed E-state index contributed by atoms with van der Waals surface area (Å²) in [5, 5.41) is 25.5. The number of aliphatic hydroxyl groups excluding tert-OH is 2. The van der Waals surface area contributed by atoms with Crippen molar-refractivity contribution < 1.29 is 14.9 Å². The lowest BCUT2D eigenvalue weighted by atomic mass is 9.80. The first kappa shape index (κ1) is 17.6. The Morgan fingerprint density at radius 2 is 2.04 bits per heavy atom. The largest absolute Gasteiger partial charge is 0.394 e. The molecule has 3 saturated heterocycles. The number of rotatable bonds is 3. The summed E-state index contributed by atoms with van der Waals surface area (Å²) in [6, 6.07) is 0.486. The number of ether oxygens (including phenoxy) is 1. The minimum Gasteiger partial charge on any atom is -0.394 e. The highest BCUT2D eigenvalue weighted by Crippen LogP contribution is 2.41. The first-order valence-corrected chi connectivity index (χ1v) is 10.1. The van der Waals surface area contributed by atoms with Crippen LogP contribution in [0.5, 0.6) is 0 Å². The van der Waals surface area contributed by atoms with Crippen molar-refractivity contribution in [2.45, 2.75) is 57.1 Å². The lowest BCUT2D eigenvalue weighted by molar-refractivity contribution is -0.0552. The molecule has 2 aromatic rings. The van der Waals surface area contributed by atoms with Crippen molar-refractivity contribution >= 4 is 28.5 Å². The van der Waals surface area contributed by atoms with Gasteiger partial charge in [-0.15, -0.1) is 0 Å². The zero-order valence-electron chi connectivity index (χ0n) is 15.2. The zero-order valence-corrected chi connectivity index (χ0v) is 16.0. The van der Waals surface area contributed by atoms with E-state index < -0.39 is 18.4 Å². The van der Waals surface area contributed by atoms with Gasteiger partial charge in [-0.05, 0) is 43.2 Å². The molecule has 9 heteroatoms. The molecule has 0 aromatic carbocycles. The number of halogens is 1. The average Bonchev–Trinajstić information content (AvgIpc) is 3.23. The second-order valence-corrected chi connectivity index (χ2v) is 8.41. The van der Waals surface area contributed by atoms with Crippen molar-refractivity contribution in [3.63, 3.8) is 0 Å². The van der Waals surface area contributed by atoms with Gasteiger partial charge < -0.3 is 19.8 Å². The van der Waals surface area contributed by atoms with Crippen LogP contribution in [0.2, 0.25) is 5.28 Å². The first-order chi connectivity index (χ1) is 13.1. The fourth-order valence-electron chi connectivity index (χ4n) is 4.89. The molecule has 1 saturated carbocycles. The molecule has 1 unspecified atom stereocenters. The highest BCUT2D eigenvalue weighted by atomic mass is 35.5. The Morgan fingerprint density at radius 3 is 2.67 bits per heavy atom. The number of fused-ring (bicyclic) bond motifs is 4. The van der Waals surface area contributed by atoms with Crippen molar-refractivity contribution in [3.05, 3.63) is 11.5 Å². The van der Waals surface area contributed by atoms with E-state index in [0.29, 0.717) is 17.6 Å². The van der Waals surface area contributed by atoms with Crippen LogP contribution < -0.4 is 4.90 Å². The predicted octanol–water partition coefficient (Wildman–Crippen LogP) is 1.75. The molecule has 6 rings (SSSR count). The van der Waals surface area contributed by atoms with E-state index in [0.717, 1.165) is 17.7 Å². The molecular weight excluding hydrogens is 370 g/mol. The van der Waals surface area contributed by atoms with Gasteiger partial charge in [0.1, 0.15) is 11.9 Å². The summed E-state index contributed by atoms with van der Waals surface area (Å²) in [6.07, 6.45) is 4.74. The smallest absolute Gasteiger partial charge is 0.226 e. The normalized spacial score (nSPS) is 36.1. The third kappa shape index (κ3) is 2.73. The molecule has 0 radical (unpaired) electrons. The number of aliphatic hydroxyl groups is 2. The molecule has 27 heavy (non-hydrogen) atoms. The van der Waals surface area contributed by atoms with Crippen LogP contribution in [-0.2, 0) is 4.74 Å². The Balaban J connectivity index is 1.56. The van der Waals surface area contributed by atoms with Crippen LogP contribution in [0, 0.1) is 11.8 Å². The van der Waals surface area contributed by atoms with E-state index in [1.54, 1.807) is 10.9 Å². The number of nitrogens with zero attached hydrogens (tertiary/aromatic N) is 5. The molecule has 146 valence electrons. The Hall–Kier alpha value is -1.48. The van der Waals surface area contributed by atoms with Crippen molar-refractivity contribution in [1.82, 2.24) is 19.7 Å². The third-order valence-corrected chi connectivity index (χ3v) is 6.71. The Morgan fingerprint density at radius 1 is 1.26 bits per heavy atom. The van der Waals surface area contributed by atoms with E-state index in [1.165, 1.54) is 25.7 Å². The molecule has 1 aliphatic carbocycles. The molecule has 2 N–H and O–H groups in total. The van der Waals surface area contributed by atoms with Crippen LogP contribution in [0.15, 0.2) is 6.20 Å². The standard InChI is InChI=1S/C18H24ClN5O3/c1-9-13(8-25)27-17(14(9)26)24-16-12(6-20-24)15(21-18(19)22-16)23-7-10-2-4-11(23)5-3-10/h6,9-11,13-14,17,25-26H,2-5,7-8H2,1H3/t9?,10?,11?,13-,14-,17-/m1/s1. The molecule has 2 aromatic heterocycles. The third-order valence-electron chi connectivity index (χ3n) is 6.54. The molecule has 4 atom stereocenters. The van der Waals surface area contributed by atoms with Gasteiger partial charge in [0.25, 0.3) is 0 Å².